The zero-order valence-electron chi connectivity index (χ0n) is 18.0. The molecule has 1 aliphatic carbocycles. The van der Waals surface area contributed by atoms with Crippen LogP contribution in [0.3, 0.4) is 0 Å². The van der Waals surface area contributed by atoms with Crippen LogP contribution < -0.4 is 10.6 Å². The number of piperidine rings is 1. The van der Waals surface area contributed by atoms with Gasteiger partial charge in [-0.1, -0.05) is 13.8 Å². The summed E-state index contributed by atoms with van der Waals surface area (Å²) in [6.07, 6.45) is 4.61. The molecule has 0 amide bonds. The highest BCUT2D eigenvalue weighted by atomic mass is 16.5. The van der Waals surface area contributed by atoms with E-state index in [0.29, 0.717) is 12.1 Å². The number of ether oxygens (including phenoxy) is 2. The van der Waals surface area contributed by atoms with Gasteiger partial charge < -0.3 is 25.0 Å². The molecule has 0 aromatic carbocycles. The highest BCUT2D eigenvalue weighted by Crippen LogP contribution is 2.51. The fourth-order valence-electron chi connectivity index (χ4n) is 4.72. The minimum atomic E-state index is -0.0582. The number of hydrogen-bond acceptors (Lipinski definition) is 4. The summed E-state index contributed by atoms with van der Waals surface area (Å²) < 4.78 is 11.3. The molecule has 6 nitrogen and oxygen atoms in total. The number of likely N-dealkylation sites (tertiary alicyclic amines) is 1. The van der Waals surface area contributed by atoms with Crippen LogP contribution in [0.1, 0.15) is 53.4 Å². The normalized spacial score (nSPS) is 35.1. The maximum atomic E-state index is 5.76. The van der Waals surface area contributed by atoms with Crippen LogP contribution >= 0.6 is 0 Å². The molecule has 0 aromatic rings. The van der Waals surface area contributed by atoms with E-state index < -0.39 is 0 Å². The fraction of sp³-hybridized carbons (Fsp3) is 0.952. The summed E-state index contributed by atoms with van der Waals surface area (Å²) in [6.45, 7) is 15.1. The van der Waals surface area contributed by atoms with Crippen LogP contribution in [0.2, 0.25) is 0 Å². The second-order valence-electron chi connectivity index (χ2n) is 9.33. The third-order valence-corrected chi connectivity index (χ3v) is 7.37. The Kier molecular flexibility index (Phi) is 6.70. The first-order valence-electron chi connectivity index (χ1n) is 10.8. The van der Waals surface area contributed by atoms with Crippen LogP contribution in [0.4, 0.5) is 0 Å². The number of methoxy groups -OCH3 is 1. The molecule has 3 rings (SSSR count). The van der Waals surface area contributed by atoms with Gasteiger partial charge in [0.05, 0.1) is 12.2 Å². The summed E-state index contributed by atoms with van der Waals surface area (Å²) in [7, 11) is 1.82. The highest BCUT2D eigenvalue weighted by molar-refractivity contribution is 5.80. The van der Waals surface area contributed by atoms with E-state index in [-0.39, 0.29) is 11.0 Å². The van der Waals surface area contributed by atoms with Crippen molar-refractivity contribution in [3.8, 4) is 0 Å². The molecule has 27 heavy (non-hydrogen) atoms. The first-order valence-corrected chi connectivity index (χ1v) is 10.8. The standard InChI is InChI=1S/C21H40N4O2/c1-6-22-19(24-18-13-21(4,26-5)20(18,2)3)23-17-7-10-25(11-8-17)14-16-9-12-27-15-16/h16-18H,6-15H2,1-5H3,(H2,22,23,24). The van der Waals surface area contributed by atoms with Crippen LogP contribution in [0.25, 0.3) is 0 Å². The van der Waals surface area contributed by atoms with Crippen LogP contribution in [-0.4, -0.2) is 75.0 Å². The quantitative estimate of drug-likeness (QED) is 0.547. The summed E-state index contributed by atoms with van der Waals surface area (Å²) in [5, 5.41) is 7.38. The summed E-state index contributed by atoms with van der Waals surface area (Å²) in [6, 6.07) is 0.901. The predicted octanol–water partition coefficient (Wildman–Crippen LogP) is 2.25. The first kappa shape index (κ1) is 20.9. The highest BCUT2D eigenvalue weighted by Gasteiger charge is 2.58. The van der Waals surface area contributed by atoms with Crippen LogP contribution in [0.15, 0.2) is 4.99 Å². The van der Waals surface area contributed by atoms with Gasteiger partial charge in [-0.25, -0.2) is 0 Å². The van der Waals surface area contributed by atoms with E-state index in [9.17, 15) is 0 Å². The molecule has 2 heterocycles. The largest absolute Gasteiger partial charge is 0.381 e. The van der Waals surface area contributed by atoms with E-state index in [1.54, 1.807) is 0 Å². The van der Waals surface area contributed by atoms with Gasteiger partial charge >= 0.3 is 0 Å². The minimum absolute atomic E-state index is 0.0582. The number of rotatable bonds is 6. The Labute approximate surface area is 165 Å². The van der Waals surface area contributed by atoms with Gasteiger partial charge in [0.1, 0.15) is 0 Å². The summed E-state index contributed by atoms with van der Waals surface area (Å²) >= 11 is 0. The molecule has 2 aliphatic heterocycles. The van der Waals surface area contributed by atoms with E-state index >= 15 is 0 Å². The van der Waals surface area contributed by atoms with Crippen molar-refractivity contribution < 1.29 is 9.47 Å². The number of nitrogens with zero attached hydrogens (tertiary/aromatic N) is 2. The van der Waals surface area contributed by atoms with Crippen molar-refractivity contribution in [1.82, 2.24) is 15.5 Å². The third kappa shape index (κ3) is 4.60. The van der Waals surface area contributed by atoms with Crippen LogP contribution in [0, 0.1) is 11.3 Å². The van der Waals surface area contributed by atoms with Crippen molar-refractivity contribution in [3.05, 3.63) is 0 Å². The van der Waals surface area contributed by atoms with Crippen molar-refractivity contribution in [3.63, 3.8) is 0 Å². The maximum absolute atomic E-state index is 5.76. The summed E-state index contributed by atoms with van der Waals surface area (Å²) in [5.74, 6) is 1.71. The molecule has 2 saturated heterocycles. The SMILES string of the molecule is CCN=C(NC1CCN(CC2CCOC2)CC1)NC1CC(C)(OC)C1(C)C. The smallest absolute Gasteiger partial charge is 0.191 e. The molecule has 3 fully saturated rings. The molecule has 1 saturated carbocycles. The lowest BCUT2D eigenvalue weighted by Crippen LogP contribution is -2.70. The lowest BCUT2D eigenvalue weighted by atomic mass is 9.56. The van der Waals surface area contributed by atoms with E-state index in [0.717, 1.165) is 38.1 Å². The Morgan fingerprint density at radius 2 is 1.93 bits per heavy atom. The molecule has 2 N–H and O–H groups in total. The van der Waals surface area contributed by atoms with E-state index in [2.05, 4.69) is 43.2 Å². The van der Waals surface area contributed by atoms with E-state index in [1.807, 2.05) is 7.11 Å². The molecule has 156 valence electrons. The Hall–Kier alpha value is -0.850. The first-order chi connectivity index (χ1) is 12.9. The van der Waals surface area contributed by atoms with E-state index in [1.165, 1.54) is 38.9 Å². The summed E-state index contributed by atoms with van der Waals surface area (Å²) in [4.78, 5) is 7.32. The van der Waals surface area contributed by atoms with Gasteiger partial charge in [0.25, 0.3) is 0 Å². The second-order valence-corrected chi connectivity index (χ2v) is 9.33. The molecular formula is C21H40N4O2. The molecule has 0 bridgehead atoms. The topological polar surface area (TPSA) is 58.1 Å². The van der Waals surface area contributed by atoms with Crippen molar-refractivity contribution in [2.45, 2.75) is 71.1 Å². The zero-order valence-corrected chi connectivity index (χ0v) is 18.0. The van der Waals surface area contributed by atoms with Crippen molar-refractivity contribution in [1.29, 1.82) is 0 Å². The molecular weight excluding hydrogens is 340 g/mol. The van der Waals surface area contributed by atoms with Crippen molar-refractivity contribution in [2.75, 3.05) is 46.5 Å². The van der Waals surface area contributed by atoms with Gasteiger partial charge in [-0.15, -0.1) is 0 Å². The predicted molar refractivity (Wildman–Crippen MR) is 110 cm³/mol. The van der Waals surface area contributed by atoms with Crippen molar-refractivity contribution in [2.24, 2.45) is 16.3 Å². The van der Waals surface area contributed by atoms with Gasteiger partial charge in [-0.05, 0) is 45.4 Å². The van der Waals surface area contributed by atoms with Crippen LogP contribution in [0.5, 0.6) is 0 Å². The number of guanidine groups is 1. The molecule has 0 aromatic heterocycles. The molecule has 3 atom stereocenters. The average molecular weight is 381 g/mol. The van der Waals surface area contributed by atoms with Crippen molar-refractivity contribution >= 4 is 5.96 Å². The second kappa shape index (κ2) is 8.66. The Bertz CT molecular complexity index is 510. The van der Waals surface area contributed by atoms with E-state index in [4.69, 9.17) is 14.5 Å². The Balaban J connectivity index is 1.46. The van der Waals surface area contributed by atoms with Gasteiger partial charge in [0.2, 0.25) is 0 Å². The summed E-state index contributed by atoms with van der Waals surface area (Å²) in [5.41, 5.74) is 0.0297. The molecule has 3 aliphatic rings. The number of aliphatic imine (C=N–C) groups is 1. The van der Waals surface area contributed by atoms with Gasteiger partial charge in [0.15, 0.2) is 5.96 Å². The third-order valence-electron chi connectivity index (χ3n) is 7.37. The Morgan fingerprint density at radius 3 is 2.48 bits per heavy atom. The molecule has 3 unspecified atom stereocenters. The number of hydrogen-bond donors (Lipinski definition) is 2. The monoisotopic (exact) mass is 380 g/mol. The number of nitrogens with one attached hydrogen (secondary N) is 2. The fourth-order valence-corrected chi connectivity index (χ4v) is 4.72. The average Bonchev–Trinajstić information content (AvgIpc) is 3.16. The molecule has 0 radical (unpaired) electrons. The zero-order chi connectivity index (χ0) is 19.5. The minimum Gasteiger partial charge on any atom is -0.381 e. The van der Waals surface area contributed by atoms with Gasteiger partial charge in [-0.3, -0.25) is 4.99 Å². The van der Waals surface area contributed by atoms with Crippen LogP contribution in [-0.2, 0) is 9.47 Å². The molecule has 0 spiro atoms. The Morgan fingerprint density at radius 1 is 1.19 bits per heavy atom. The lowest BCUT2D eigenvalue weighted by Gasteiger charge is -2.59. The lowest BCUT2D eigenvalue weighted by molar-refractivity contribution is -0.176. The maximum Gasteiger partial charge on any atom is 0.191 e. The van der Waals surface area contributed by atoms with Gasteiger partial charge in [0, 0.05) is 57.4 Å². The molecule has 6 heteroatoms. The van der Waals surface area contributed by atoms with Gasteiger partial charge in [-0.2, -0.15) is 0 Å².